The third-order valence-electron chi connectivity index (χ3n) is 2.11. The largest absolute Gasteiger partial charge is 0.234 e. The minimum absolute atomic E-state index is 0.250. The lowest BCUT2D eigenvalue weighted by Crippen LogP contribution is -1.87. The standard InChI is InChI=1S/C11H9FIN2P/c1-2-3-4-8-5-9-7-14-15(16-13)11(9)10(12)6-8/h5-7,16H,2H2,1H3. The van der Waals surface area contributed by atoms with E-state index < -0.39 is 0 Å². The molecule has 0 aliphatic rings. The van der Waals surface area contributed by atoms with Crippen LogP contribution < -0.4 is 0 Å². The molecule has 0 aliphatic carbocycles. The molecular formula is C11H9FIN2P. The number of halogens is 2. The predicted octanol–water partition coefficient (Wildman–Crippen LogP) is 3.73. The molecule has 0 radical (unpaired) electrons. The quantitative estimate of drug-likeness (QED) is 0.437. The Hall–Kier alpha value is -0.660. The van der Waals surface area contributed by atoms with Gasteiger partial charge in [0.05, 0.1) is 12.6 Å². The maximum Gasteiger partial charge on any atom is 0.150 e. The molecule has 2 nitrogen and oxygen atoms in total. The molecule has 16 heavy (non-hydrogen) atoms. The van der Waals surface area contributed by atoms with E-state index in [1.807, 2.05) is 13.0 Å². The van der Waals surface area contributed by atoms with Crippen LogP contribution in [-0.2, 0) is 0 Å². The van der Waals surface area contributed by atoms with Crippen LogP contribution in [0.1, 0.15) is 18.9 Å². The van der Waals surface area contributed by atoms with Gasteiger partial charge in [-0.25, -0.2) is 8.84 Å². The number of hydrogen-bond donors (Lipinski definition) is 0. The highest BCUT2D eigenvalue weighted by atomic mass is 127. The fourth-order valence-electron chi connectivity index (χ4n) is 1.45. The zero-order valence-corrected chi connectivity index (χ0v) is 11.7. The summed E-state index contributed by atoms with van der Waals surface area (Å²) in [5.41, 5.74) is 1.28. The second-order valence-corrected chi connectivity index (χ2v) is 5.23. The molecule has 0 fully saturated rings. The van der Waals surface area contributed by atoms with E-state index in [0.717, 1.165) is 11.8 Å². The molecule has 0 bridgehead atoms. The number of hydrogen-bond acceptors (Lipinski definition) is 1. The Bertz CT molecular complexity index is 583. The van der Waals surface area contributed by atoms with Crippen LogP contribution in [-0.4, -0.2) is 9.55 Å². The van der Waals surface area contributed by atoms with Gasteiger partial charge in [-0.3, -0.25) is 0 Å². The molecule has 1 heterocycles. The van der Waals surface area contributed by atoms with Crippen LogP contribution >= 0.6 is 28.4 Å². The summed E-state index contributed by atoms with van der Waals surface area (Å²) in [5.74, 6) is 5.61. The topological polar surface area (TPSA) is 17.8 Å². The molecule has 0 saturated carbocycles. The Kier molecular flexibility index (Phi) is 3.78. The van der Waals surface area contributed by atoms with E-state index in [0.29, 0.717) is 17.5 Å². The zero-order chi connectivity index (χ0) is 11.5. The van der Waals surface area contributed by atoms with Gasteiger partial charge in [-0.2, -0.15) is 5.10 Å². The van der Waals surface area contributed by atoms with Crippen molar-refractivity contribution in [2.45, 2.75) is 13.3 Å². The summed E-state index contributed by atoms with van der Waals surface area (Å²) in [5, 5.41) is 4.94. The molecule has 0 N–H and O–H groups in total. The van der Waals surface area contributed by atoms with Crippen LogP contribution in [0, 0.1) is 17.7 Å². The van der Waals surface area contributed by atoms with Gasteiger partial charge >= 0.3 is 0 Å². The molecule has 5 heteroatoms. The van der Waals surface area contributed by atoms with E-state index in [9.17, 15) is 4.39 Å². The first-order valence-electron chi connectivity index (χ1n) is 4.79. The van der Waals surface area contributed by atoms with Crippen molar-refractivity contribution in [3.63, 3.8) is 0 Å². The summed E-state index contributed by atoms with van der Waals surface area (Å²) < 4.78 is 15.5. The van der Waals surface area contributed by atoms with Crippen LogP contribution in [0.2, 0.25) is 0 Å². The lowest BCUT2D eigenvalue weighted by molar-refractivity contribution is 0.634. The Balaban J connectivity index is 2.60. The van der Waals surface area contributed by atoms with E-state index in [1.165, 1.54) is 6.07 Å². The molecule has 1 aromatic carbocycles. The minimum Gasteiger partial charge on any atom is -0.234 e. The monoisotopic (exact) mass is 346 g/mol. The molecule has 1 aromatic heterocycles. The van der Waals surface area contributed by atoms with Gasteiger partial charge in [-0.1, -0.05) is 18.8 Å². The zero-order valence-electron chi connectivity index (χ0n) is 8.59. The van der Waals surface area contributed by atoms with Crippen molar-refractivity contribution in [3.05, 3.63) is 29.7 Å². The fourth-order valence-corrected chi connectivity index (χ4v) is 2.97. The van der Waals surface area contributed by atoms with Gasteiger partial charge < -0.3 is 0 Å². The first-order valence-corrected chi connectivity index (χ1v) is 8.85. The molecule has 0 amide bonds. The highest BCUT2D eigenvalue weighted by molar-refractivity contribution is 14.2. The number of benzene rings is 1. The first kappa shape index (κ1) is 11.8. The summed E-state index contributed by atoms with van der Waals surface area (Å²) >= 11 is 2.18. The molecule has 0 saturated heterocycles. The van der Waals surface area contributed by atoms with Gasteiger partial charge in [0.25, 0.3) is 0 Å². The lowest BCUT2D eigenvalue weighted by Gasteiger charge is -1.99. The van der Waals surface area contributed by atoms with Crippen LogP contribution in [0.5, 0.6) is 0 Å². The summed E-state index contributed by atoms with van der Waals surface area (Å²) in [6, 6.07) is 3.35. The summed E-state index contributed by atoms with van der Waals surface area (Å²) in [7, 11) is 0. The second-order valence-electron chi connectivity index (χ2n) is 3.19. The molecule has 2 rings (SSSR count). The van der Waals surface area contributed by atoms with E-state index in [-0.39, 0.29) is 5.82 Å². The van der Waals surface area contributed by atoms with Crippen molar-refractivity contribution in [2.75, 3.05) is 0 Å². The molecular weight excluding hydrogens is 337 g/mol. The number of rotatable bonds is 1. The lowest BCUT2D eigenvalue weighted by atomic mass is 10.1. The van der Waals surface area contributed by atoms with Crippen LogP contribution in [0.4, 0.5) is 4.39 Å². The summed E-state index contributed by atoms with van der Waals surface area (Å²) in [6.07, 6.45) is 2.86. The molecule has 82 valence electrons. The van der Waals surface area contributed by atoms with Crippen molar-refractivity contribution in [3.8, 4) is 11.8 Å². The van der Waals surface area contributed by atoms with Gasteiger partial charge in [0.2, 0.25) is 0 Å². The Labute approximate surface area is 108 Å². The van der Waals surface area contributed by atoms with Crippen LogP contribution in [0.15, 0.2) is 18.3 Å². The van der Waals surface area contributed by atoms with E-state index in [4.69, 9.17) is 0 Å². The second kappa shape index (κ2) is 5.11. The molecule has 1 unspecified atom stereocenters. The van der Waals surface area contributed by atoms with Crippen molar-refractivity contribution < 1.29 is 4.39 Å². The fraction of sp³-hybridized carbons (Fsp3) is 0.182. The van der Waals surface area contributed by atoms with E-state index in [1.54, 1.807) is 10.6 Å². The van der Waals surface area contributed by atoms with Crippen molar-refractivity contribution in [2.24, 2.45) is 0 Å². The third kappa shape index (κ3) is 2.21. The average Bonchev–Trinajstić information content (AvgIpc) is 2.69. The average molecular weight is 346 g/mol. The van der Waals surface area contributed by atoms with Gasteiger partial charge in [0.1, 0.15) is 5.52 Å². The highest BCUT2D eigenvalue weighted by Crippen LogP contribution is 2.30. The number of nitrogens with zero attached hydrogens (tertiary/aromatic N) is 2. The molecule has 0 aliphatic heterocycles. The van der Waals surface area contributed by atoms with Crippen LogP contribution in [0.25, 0.3) is 10.9 Å². The predicted molar refractivity (Wildman–Crippen MR) is 74.6 cm³/mol. The van der Waals surface area contributed by atoms with Gasteiger partial charge in [-0.05, 0) is 34.2 Å². The first-order chi connectivity index (χ1) is 7.76. The Morgan fingerprint density at radius 1 is 1.56 bits per heavy atom. The maximum atomic E-state index is 13.8. The van der Waals surface area contributed by atoms with E-state index in [2.05, 4.69) is 39.0 Å². The van der Waals surface area contributed by atoms with Gasteiger partial charge in [0, 0.05) is 17.4 Å². The highest BCUT2D eigenvalue weighted by Gasteiger charge is 2.08. The molecule has 2 aromatic rings. The number of fused-ring (bicyclic) bond motifs is 1. The summed E-state index contributed by atoms with van der Waals surface area (Å²) in [4.78, 5) is 0. The summed E-state index contributed by atoms with van der Waals surface area (Å²) in [6.45, 7) is 1.97. The third-order valence-corrected chi connectivity index (χ3v) is 3.98. The maximum absolute atomic E-state index is 13.8. The Morgan fingerprint density at radius 2 is 2.38 bits per heavy atom. The minimum atomic E-state index is -0.250. The van der Waals surface area contributed by atoms with Gasteiger partial charge in [-0.15, -0.1) is 0 Å². The molecule has 0 spiro atoms. The Morgan fingerprint density at radius 3 is 3.06 bits per heavy atom. The van der Waals surface area contributed by atoms with Crippen molar-refractivity contribution in [1.82, 2.24) is 9.55 Å². The molecule has 1 atom stereocenters. The van der Waals surface area contributed by atoms with E-state index >= 15 is 0 Å². The normalized spacial score (nSPS) is 10.9. The van der Waals surface area contributed by atoms with Crippen molar-refractivity contribution in [1.29, 1.82) is 0 Å². The van der Waals surface area contributed by atoms with Gasteiger partial charge in [0.15, 0.2) is 5.82 Å². The van der Waals surface area contributed by atoms with Crippen LogP contribution in [0.3, 0.4) is 0 Å². The number of aromatic nitrogens is 2. The smallest absolute Gasteiger partial charge is 0.150 e. The SMILES string of the molecule is CCC#Cc1cc(F)c2c(cnn2PI)c1. The van der Waals surface area contributed by atoms with Crippen molar-refractivity contribution >= 4 is 39.3 Å².